The lowest BCUT2D eigenvalue weighted by atomic mass is 9.77. The maximum Gasteiger partial charge on any atom is 0.104 e. The molecule has 0 N–H and O–H groups in total. The Morgan fingerprint density at radius 2 is 1.94 bits per heavy atom. The third-order valence-electron chi connectivity index (χ3n) is 3.84. The number of hydrogen-bond acceptors (Lipinski definition) is 3. The van der Waals surface area contributed by atoms with Crippen LogP contribution in [0.25, 0.3) is 0 Å². The highest BCUT2D eigenvalue weighted by Crippen LogP contribution is 2.36. The molecule has 1 aliphatic rings. The summed E-state index contributed by atoms with van der Waals surface area (Å²) < 4.78 is 11.3. The van der Waals surface area contributed by atoms with E-state index in [1.54, 1.807) is 7.11 Å². The van der Waals surface area contributed by atoms with E-state index in [2.05, 4.69) is 32.5 Å². The van der Waals surface area contributed by atoms with Gasteiger partial charge in [-0.25, -0.2) is 0 Å². The van der Waals surface area contributed by atoms with Crippen LogP contribution in [0.15, 0.2) is 4.99 Å². The average Bonchev–Trinajstić information content (AvgIpc) is 2.29. The molecule has 0 saturated carbocycles. The summed E-state index contributed by atoms with van der Waals surface area (Å²) in [4.78, 5) is 4.24. The number of aliphatic imine (C=N–C) groups is 1. The summed E-state index contributed by atoms with van der Waals surface area (Å²) in [5.74, 6) is 1.12. The Morgan fingerprint density at radius 1 is 1.25 bits per heavy atom. The summed E-state index contributed by atoms with van der Waals surface area (Å²) in [5, 5.41) is 0. The van der Waals surface area contributed by atoms with Gasteiger partial charge in [-0.05, 0) is 25.0 Å². The van der Waals surface area contributed by atoms with Crippen LogP contribution in [0.4, 0.5) is 0 Å². The van der Waals surface area contributed by atoms with Gasteiger partial charge in [0.25, 0.3) is 0 Å². The molecule has 2 unspecified atom stereocenters. The Kier molecular flexibility index (Phi) is 5.42. The molecule has 0 aliphatic carbocycles. The van der Waals surface area contributed by atoms with Gasteiger partial charge in [0.2, 0.25) is 0 Å². The molecule has 94 valence electrons. The fourth-order valence-corrected chi connectivity index (χ4v) is 2.96. The third-order valence-corrected chi connectivity index (χ3v) is 3.84. The van der Waals surface area contributed by atoms with Crippen molar-refractivity contribution in [1.82, 2.24) is 0 Å². The zero-order chi connectivity index (χ0) is 12.1. The molecule has 1 aliphatic heterocycles. The lowest BCUT2D eigenvalue weighted by Gasteiger charge is -2.44. The quantitative estimate of drug-likeness (QED) is 0.676. The van der Waals surface area contributed by atoms with E-state index >= 15 is 0 Å². The van der Waals surface area contributed by atoms with Crippen LogP contribution in [0.2, 0.25) is 0 Å². The van der Waals surface area contributed by atoms with Gasteiger partial charge >= 0.3 is 0 Å². The molecule has 1 fully saturated rings. The molecule has 0 radical (unpaired) electrons. The summed E-state index contributed by atoms with van der Waals surface area (Å²) >= 11 is 0. The smallest absolute Gasteiger partial charge is 0.104 e. The Labute approximate surface area is 99.2 Å². The monoisotopic (exact) mass is 227 g/mol. The van der Waals surface area contributed by atoms with Crippen LogP contribution in [-0.2, 0) is 9.47 Å². The molecule has 5 atom stereocenters. The molecular weight excluding hydrogens is 202 g/mol. The van der Waals surface area contributed by atoms with E-state index in [1.807, 2.05) is 0 Å². The van der Waals surface area contributed by atoms with Crippen LogP contribution < -0.4 is 0 Å². The topological polar surface area (TPSA) is 30.8 Å². The SMILES string of the molecule is C=NC1[C@H](COC)OC(CC)[C@H](CC)[C@@H]1C. The summed E-state index contributed by atoms with van der Waals surface area (Å²) in [6.45, 7) is 11.0. The molecule has 0 aromatic rings. The van der Waals surface area contributed by atoms with Crippen molar-refractivity contribution in [3.63, 3.8) is 0 Å². The molecule has 1 heterocycles. The van der Waals surface area contributed by atoms with Crippen molar-refractivity contribution >= 4 is 6.72 Å². The van der Waals surface area contributed by atoms with Crippen LogP contribution in [0.3, 0.4) is 0 Å². The van der Waals surface area contributed by atoms with Crippen molar-refractivity contribution in [1.29, 1.82) is 0 Å². The second-order valence-electron chi connectivity index (χ2n) is 4.68. The Bertz CT molecular complexity index is 218. The fourth-order valence-electron chi connectivity index (χ4n) is 2.96. The standard InChI is InChI=1S/C13H25NO2/c1-6-10-9(3)13(14-4)12(8-15-5)16-11(10)7-2/h9-13H,4,6-8H2,1-3,5H3/t9-,10+,11?,12-,13?/m0/s1. The Balaban J connectivity index is 2.79. The first-order valence-corrected chi connectivity index (χ1v) is 6.29. The van der Waals surface area contributed by atoms with Crippen LogP contribution >= 0.6 is 0 Å². The molecule has 1 saturated heterocycles. The van der Waals surface area contributed by atoms with Crippen LogP contribution in [-0.4, -0.2) is 38.7 Å². The molecule has 3 heteroatoms. The van der Waals surface area contributed by atoms with Crippen molar-refractivity contribution in [2.24, 2.45) is 16.8 Å². The predicted octanol–water partition coefficient (Wildman–Crippen LogP) is 2.54. The number of rotatable bonds is 5. The average molecular weight is 227 g/mol. The minimum absolute atomic E-state index is 0.0743. The Hall–Kier alpha value is -0.410. The minimum atomic E-state index is 0.0743. The first-order chi connectivity index (χ1) is 7.69. The van der Waals surface area contributed by atoms with E-state index in [4.69, 9.17) is 9.47 Å². The third kappa shape index (κ3) is 2.64. The van der Waals surface area contributed by atoms with Gasteiger partial charge in [-0.15, -0.1) is 0 Å². The summed E-state index contributed by atoms with van der Waals surface area (Å²) in [6.07, 6.45) is 2.63. The normalized spacial score (nSPS) is 39.6. The summed E-state index contributed by atoms with van der Waals surface area (Å²) in [5.41, 5.74) is 0. The van der Waals surface area contributed by atoms with Crippen LogP contribution in [0.1, 0.15) is 33.6 Å². The zero-order valence-electron chi connectivity index (χ0n) is 11.0. The molecule has 0 amide bonds. The number of ether oxygens (including phenoxy) is 2. The van der Waals surface area contributed by atoms with Gasteiger partial charge in [-0.2, -0.15) is 0 Å². The van der Waals surface area contributed by atoms with Crippen molar-refractivity contribution in [2.75, 3.05) is 13.7 Å². The van der Waals surface area contributed by atoms with Gasteiger partial charge in [0.15, 0.2) is 0 Å². The molecule has 0 aromatic heterocycles. The van der Waals surface area contributed by atoms with Crippen molar-refractivity contribution < 1.29 is 9.47 Å². The number of nitrogens with zero attached hydrogens (tertiary/aromatic N) is 1. The second-order valence-corrected chi connectivity index (χ2v) is 4.68. The first kappa shape index (κ1) is 13.7. The van der Waals surface area contributed by atoms with E-state index < -0.39 is 0 Å². The molecule has 0 aromatic carbocycles. The van der Waals surface area contributed by atoms with E-state index in [9.17, 15) is 0 Å². The molecule has 1 rings (SSSR count). The van der Waals surface area contributed by atoms with Crippen molar-refractivity contribution in [3.05, 3.63) is 0 Å². The Morgan fingerprint density at radius 3 is 2.38 bits per heavy atom. The molecule has 0 spiro atoms. The van der Waals surface area contributed by atoms with Gasteiger partial charge in [-0.3, -0.25) is 4.99 Å². The largest absolute Gasteiger partial charge is 0.382 e. The number of hydrogen-bond donors (Lipinski definition) is 0. The summed E-state index contributed by atoms with van der Waals surface area (Å²) in [7, 11) is 1.71. The first-order valence-electron chi connectivity index (χ1n) is 6.29. The zero-order valence-corrected chi connectivity index (χ0v) is 11.0. The summed E-state index contributed by atoms with van der Waals surface area (Å²) in [6, 6.07) is 0.174. The van der Waals surface area contributed by atoms with Crippen molar-refractivity contribution in [3.8, 4) is 0 Å². The van der Waals surface area contributed by atoms with E-state index in [-0.39, 0.29) is 12.1 Å². The molecule has 3 nitrogen and oxygen atoms in total. The highest BCUT2D eigenvalue weighted by Gasteiger charge is 2.41. The van der Waals surface area contributed by atoms with Gasteiger partial charge in [0.05, 0.1) is 18.8 Å². The fraction of sp³-hybridized carbons (Fsp3) is 0.923. The molecular formula is C13H25NO2. The number of methoxy groups -OCH3 is 1. The second kappa shape index (κ2) is 6.36. The van der Waals surface area contributed by atoms with E-state index in [0.29, 0.717) is 24.5 Å². The van der Waals surface area contributed by atoms with E-state index in [1.165, 1.54) is 0 Å². The van der Waals surface area contributed by atoms with Crippen LogP contribution in [0, 0.1) is 11.8 Å². The van der Waals surface area contributed by atoms with Gasteiger partial charge in [-0.1, -0.05) is 27.2 Å². The molecule has 16 heavy (non-hydrogen) atoms. The van der Waals surface area contributed by atoms with Gasteiger partial charge < -0.3 is 9.47 Å². The minimum Gasteiger partial charge on any atom is -0.382 e. The van der Waals surface area contributed by atoms with Crippen molar-refractivity contribution in [2.45, 2.75) is 51.9 Å². The van der Waals surface area contributed by atoms with Crippen LogP contribution in [0.5, 0.6) is 0 Å². The maximum absolute atomic E-state index is 6.09. The highest BCUT2D eigenvalue weighted by atomic mass is 16.5. The highest BCUT2D eigenvalue weighted by molar-refractivity contribution is 5.25. The maximum atomic E-state index is 6.09. The van der Waals surface area contributed by atoms with E-state index in [0.717, 1.165) is 12.8 Å². The van der Waals surface area contributed by atoms with Gasteiger partial charge in [0, 0.05) is 7.11 Å². The van der Waals surface area contributed by atoms with Gasteiger partial charge in [0.1, 0.15) is 6.10 Å². The predicted molar refractivity (Wildman–Crippen MR) is 67.1 cm³/mol. The lowest BCUT2D eigenvalue weighted by molar-refractivity contribution is -0.137. The molecule has 0 bridgehead atoms. The lowest BCUT2D eigenvalue weighted by Crippen LogP contribution is -2.50.